The van der Waals surface area contributed by atoms with E-state index in [0.29, 0.717) is 39.2 Å². The van der Waals surface area contributed by atoms with Crippen molar-refractivity contribution < 1.29 is 19.0 Å². The zero-order valence-corrected chi connectivity index (χ0v) is 11.9. The maximum atomic E-state index is 10.0. The largest absolute Gasteiger partial charge is 0.508 e. The topological polar surface area (TPSA) is 92.5 Å². The maximum absolute atomic E-state index is 10.0. The van der Waals surface area contributed by atoms with E-state index in [0.717, 1.165) is 0 Å². The molecule has 22 heavy (non-hydrogen) atoms. The Labute approximate surface area is 124 Å². The number of aryl methyl sites for hydroxylation is 2. The molecule has 0 aliphatic carbocycles. The monoisotopic (exact) mass is 296 g/mol. The second kappa shape index (κ2) is 4.24. The van der Waals surface area contributed by atoms with Crippen LogP contribution in [0.15, 0.2) is 33.1 Å². The van der Waals surface area contributed by atoms with Gasteiger partial charge in [0.2, 0.25) is 5.89 Å². The average Bonchev–Trinajstić information content (AvgIpc) is 3.01. The quantitative estimate of drug-likeness (QED) is 0.521. The molecule has 2 N–H and O–H groups in total. The Balaban J connectivity index is 1.94. The third-order valence-corrected chi connectivity index (χ3v) is 3.55. The lowest BCUT2D eigenvalue weighted by molar-refractivity contribution is 0.456. The molecule has 0 amide bonds. The average molecular weight is 296 g/mol. The number of hydrogen-bond donors (Lipinski definition) is 2. The van der Waals surface area contributed by atoms with Gasteiger partial charge < -0.3 is 19.0 Å². The molecular weight excluding hydrogens is 284 g/mol. The van der Waals surface area contributed by atoms with Crippen molar-refractivity contribution >= 4 is 22.2 Å². The number of phenols is 2. The van der Waals surface area contributed by atoms with Gasteiger partial charge in [-0.1, -0.05) is 0 Å². The summed E-state index contributed by atoms with van der Waals surface area (Å²) in [7, 11) is 0. The molecule has 2 aromatic heterocycles. The SMILES string of the molecule is Cc1nc2cc3oc(-c4cc(O)c(C)cc4O)nc3cc2o1. The van der Waals surface area contributed by atoms with Crippen LogP contribution in [0.3, 0.4) is 0 Å². The lowest BCUT2D eigenvalue weighted by Crippen LogP contribution is -1.82. The van der Waals surface area contributed by atoms with Crippen molar-refractivity contribution in [3.63, 3.8) is 0 Å². The van der Waals surface area contributed by atoms with Crippen LogP contribution in [0.2, 0.25) is 0 Å². The minimum atomic E-state index is -0.000451. The predicted octanol–water partition coefficient (Wildman–Crippen LogP) is 3.66. The van der Waals surface area contributed by atoms with Crippen molar-refractivity contribution in [1.82, 2.24) is 9.97 Å². The van der Waals surface area contributed by atoms with Crippen LogP contribution in [-0.2, 0) is 0 Å². The molecule has 6 nitrogen and oxygen atoms in total. The zero-order valence-electron chi connectivity index (χ0n) is 11.9. The normalized spacial score (nSPS) is 11.5. The van der Waals surface area contributed by atoms with Gasteiger partial charge in [-0.15, -0.1) is 0 Å². The van der Waals surface area contributed by atoms with Gasteiger partial charge in [-0.05, 0) is 24.6 Å². The van der Waals surface area contributed by atoms with Crippen LogP contribution in [0.1, 0.15) is 11.5 Å². The summed E-state index contributed by atoms with van der Waals surface area (Å²) in [6.07, 6.45) is 0. The fourth-order valence-electron chi connectivity index (χ4n) is 2.43. The van der Waals surface area contributed by atoms with Gasteiger partial charge in [-0.3, -0.25) is 0 Å². The van der Waals surface area contributed by atoms with Crippen molar-refractivity contribution in [2.45, 2.75) is 13.8 Å². The van der Waals surface area contributed by atoms with Crippen LogP contribution in [0.4, 0.5) is 0 Å². The molecule has 0 aliphatic rings. The standard InChI is InChI=1S/C16H12N2O4/c1-7-3-13(20)9(4-12(7)19)16-18-11-6-14-10(5-15(11)22-16)17-8(2)21-14/h3-6,19-20H,1-2H3. The summed E-state index contributed by atoms with van der Waals surface area (Å²) in [4.78, 5) is 8.59. The summed E-state index contributed by atoms with van der Waals surface area (Å²) in [5.74, 6) is 0.872. The van der Waals surface area contributed by atoms with Crippen molar-refractivity contribution in [2.75, 3.05) is 0 Å². The molecule has 6 heteroatoms. The molecule has 0 radical (unpaired) electrons. The van der Waals surface area contributed by atoms with E-state index >= 15 is 0 Å². The maximum Gasteiger partial charge on any atom is 0.231 e. The number of benzene rings is 2. The highest BCUT2D eigenvalue weighted by atomic mass is 16.4. The Hall–Kier alpha value is -3.02. The highest BCUT2D eigenvalue weighted by Crippen LogP contribution is 2.36. The number of phenolic OH excluding ortho intramolecular Hbond substituents is 2. The summed E-state index contributed by atoms with van der Waals surface area (Å²) in [5.41, 5.74) is 3.35. The molecule has 0 saturated carbocycles. The molecule has 0 spiro atoms. The fraction of sp³-hybridized carbons (Fsp3) is 0.125. The molecule has 2 aromatic carbocycles. The van der Waals surface area contributed by atoms with Crippen LogP contribution >= 0.6 is 0 Å². The van der Waals surface area contributed by atoms with Crippen LogP contribution in [-0.4, -0.2) is 20.2 Å². The summed E-state index contributed by atoms with van der Waals surface area (Å²) < 4.78 is 11.2. The van der Waals surface area contributed by atoms with Gasteiger partial charge in [0, 0.05) is 19.1 Å². The van der Waals surface area contributed by atoms with E-state index in [9.17, 15) is 10.2 Å². The van der Waals surface area contributed by atoms with E-state index in [2.05, 4.69) is 9.97 Å². The minimum Gasteiger partial charge on any atom is -0.508 e. The molecule has 0 saturated heterocycles. The van der Waals surface area contributed by atoms with Gasteiger partial charge in [0.1, 0.15) is 22.5 Å². The first-order valence-electron chi connectivity index (χ1n) is 6.72. The third-order valence-electron chi connectivity index (χ3n) is 3.55. The number of fused-ring (bicyclic) bond motifs is 2. The van der Waals surface area contributed by atoms with E-state index in [4.69, 9.17) is 8.83 Å². The van der Waals surface area contributed by atoms with Crippen LogP contribution in [0.5, 0.6) is 11.5 Å². The number of oxazole rings is 2. The Morgan fingerprint density at radius 2 is 1.50 bits per heavy atom. The molecule has 4 rings (SSSR count). The smallest absolute Gasteiger partial charge is 0.231 e. The van der Waals surface area contributed by atoms with Crippen molar-refractivity contribution in [3.05, 3.63) is 35.7 Å². The molecule has 0 bridgehead atoms. The lowest BCUT2D eigenvalue weighted by atomic mass is 10.1. The number of aromatic hydroxyl groups is 2. The molecule has 0 atom stereocenters. The van der Waals surface area contributed by atoms with Crippen molar-refractivity contribution in [1.29, 1.82) is 0 Å². The molecule has 0 unspecified atom stereocenters. The second-order valence-electron chi connectivity index (χ2n) is 5.20. The Bertz CT molecular complexity index is 979. The summed E-state index contributed by atoms with van der Waals surface area (Å²) in [6, 6.07) is 6.38. The highest BCUT2D eigenvalue weighted by Gasteiger charge is 2.16. The Morgan fingerprint density at radius 1 is 0.818 bits per heavy atom. The van der Waals surface area contributed by atoms with E-state index in [1.807, 2.05) is 0 Å². The van der Waals surface area contributed by atoms with Crippen LogP contribution in [0, 0.1) is 13.8 Å². The molecule has 0 fully saturated rings. The van der Waals surface area contributed by atoms with E-state index in [-0.39, 0.29) is 17.4 Å². The zero-order chi connectivity index (χ0) is 15.4. The van der Waals surface area contributed by atoms with Gasteiger partial charge in [-0.2, -0.15) is 0 Å². The first kappa shape index (κ1) is 12.7. The van der Waals surface area contributed by atoms with Crippen LogP contribution < -0.4 is 0 Å². The number of nitrogens with zero attached hydrogens (tertiary/aromatic N) is 2. The fourth-order valence-corrected chi connectivity index (χ4v) is 2.43. The molecule has 2 heterocycles. The van der Waals surface area contributed by atoms with Gasteiger partial charge in [-0.25, -0.2) is 9.97 Å². The van der Waals surface area contributed by atoms with Gasteiger partial charge in [0.25, 0.3) is 0 Å². The van der Waals surface area contributed by atoms with E-state index < -0.39 is 0 Å². The first-order valence-corrected chi connectivity index (χ1v) is 6.72. The third kappa shape index (κ3) is 1.81. The molecule has 4 aromatic rings. The van der Waals surface area contributed by atoms with Gasteiger partial charge >= 0.3 is 0 Å². The van der Waals surface area contributed by atoms with Gasteiger partial charge in [0.05, 0.1) is 5.56 Å². The summed E-state index contributed by atoms with van der Waals surface area (Å²) >= 11 is 0. The van der Waals surface area contributed by atoms with Crippen LogP contribution in [0.25, 0.3) is 33.7 Å². The highest BCUT2D eigenvalue weighted by molar-refractivity contribution is 5.90. The molecular formula is C16H12N2O4. The van der Waals surface area contributed by atoms with Crippen molar-refractivity contribution in [2.24, 2.45) is 0 Å². The second-order valence-corrected chi connectivity index (χ2v) is 5.20. The lowest BCUT2D eigenvalue weighted by Gasteiger charge is -2.03. The van der Waals surface area contributed by atoms with Gasteiger partial charge in [0.15, 0.2) is 17.1 Å². The predicted molar refractivity (Wildman–Crippen MR) is 79.8 cm³/mol. The summed E-state index contributed by atoms with van der Waals surface area (Å²) in [6.45, 7) is 3.47. The summed E-state index contributed by atoms with van der Waals surface area (Å²) in [5, 5.41) is 19.8. The molecule has 110 valence electrons. The van der Waals surface area contributed by atoms with E-state index in [1.165, 1.54) is 12.1 Å². The van der Waals surface area contributed by atoms with E-state index in [1.54, 1.807) is 26.0 Å². The molecule has 0 aliphatic heterocycles. The number of rotatable bonds is 1. The Morgan fingerprint density at radius 3 is 2.27 bits per heavy atom. The minimum absolute atomic E-state index is 0.000451. The Kier molecular flexibility index (Phi) is 2.45. The number of aromatic nitrogens is 2. The first-order chi connectivity index (χ1) is 10.5. The number of hydrogen-bond acceptors (Lipinski definition) is 6. The van der Waals surface area contributed by atoms with Crippen molar-refractivity contribution in [3.8, 4) is 23.0 Å².